The third-order valence-electron chi connectivity index (χ3n) is 2.34. The summed E-state index contributed by atoms with van der Waals surface area (Å²) in [6.07, 6.45) is 2.36. The minimum absolute atomic E-state index is 0.0413. The first-order valence-corrected chi connectivity index (χ1v) is 4.87. The second-order valence-electron chi connectivity index (χ2n) is 3.74. The number of hydrogen-bond donors (Lipinski definition) is 1. The second kappa shape index (κ2) is 3.44. The zero-order valence-electron chi connectivity index (χ0n) is 8.46. The van der Waals surface area contributed by atoms with E-state index in [1.807, 2.05) is 6.92 Å². The normalized spacial score (nSPS) is 15.6. The molecule has 1 aliphatic carbocycles. The minimum Gasteiger partial charge on any atom is -0.445 e. The van der Waals surface area contributed by atoms with E-state index in [1.165, 1.54) is 19.8 Å². The van der Waals surface area contributed by atoms with Crippen LogP contribution in [-0.2, 0) is 11.3 Å². The topological polar surface area (TPSA) is 55.1 Å². The predicted octanol–water partition coefficient (Wildman–Crippen LogP) is 1.50. The van der Waals surface area contributed by atoms with Crippen LogP contribution in [0.3, 0.4) is 0 Å². The van der Waals surface area contributed by atoms with Crippen molar-refractivity contribution in [3.05, 3.63) is 17.3 Å². The van der Waals surface area contributed by atoms with Crippen LogP contribution in [0.2, 0.25) is 0 Å². The fraction of sp³-hybridized carbons (Fsp3) is 0.600. The van der Waals surface area contributed by atoms with Crippen molar-refractivity contribution in [2.24, 2.45) is 0 Å². The van der Waals surface area contributed by atoms with Gasteiger partial charge in [-0.2, -0.15) is 0 Å². The average Bonchev–Trinajstić information content (AvgIpc) is 2.88. The number of nitrogens with zero attached hydrogens (tertiary/aromatic N) is 1. The van der Waals surface area contributed by atoms with Gasteiger partial charge in [0.1, 0.15) is 11.5 Å². The lowest BCUT2D eigenvalue weighted by atomic mass is 10.3. The molecule has 0 bridgehead atoms. The maximum absolute atomic E-state index is 10.7. The summed E-state index contributed by atoms with van der Waals surface area (Å²) in [5.74, 6) is 2.14. The highest BCUT2D eigenvalue weighted by Gasteiger charge is 2.29. The number of amides is 1. The fourth-order valence-electron chi connectivity index (χ4n) is 1.33. The van der Waals surface area contributed by atoms with E-state index >= 15 is 0 Å². The smallest absolute Gasteiger partial charge is 0.217 e. The Morgan fingerprint density at radius 3 is 2.93 bits per heavy atom. The van der Waals surface area contributed by atoms with Crippen molar-refractivity contribution < 1.29 is 9.21 Å². The lowest BCUT2D eigenvalue weighted by Crippen LogP contribution is -2.19. The lowest BCUT2D eigenvalue weighted by molar-refractivity contribution is -0.119. The predicted molar refractivity (Wildman–Crippen MR) is 50.7 cm³/mol. The molecule has 4 nitrogen and oxygen atoms in total. The van der Waals surface area contributed by atoms with E-state index in [2.05, 4.69) is 10.3 Å². The van der Waals surface area contributed by atoms with Crippen molar-refractivity contribution >= 4 is 5.91 Å². The molecule has 76 valence electrons. The van der Waals surface area contributed by atoms with E-state index in [1.54, 1.807) is 0 Å². The first kappa shape index (κ1) is 9.24. The van der Waals surface area contributed by atoms with Gasteiger partial charge in [-0.25, -0.2) is 4.98 Å². The van der Waals surface area contributed by atoms with Gasteiger partial charge in [0.05, 0.1) is 6.54 Å². The molecule has 1 N–H and O–H groups in total. The highest BCUT2D eigenvalue weighted by Crippen LogP contribution is 2.39. The number of hydrogen-bond acceptors (Lipinski definition) is 3. The number of nitrogens with one attached hydrogen (secondary N) is 1. The van der Waals surface area contributed by atoms with Crippen molar-refractivity contribution in [3.63, 3.8) is 0 Å². The molecule has 0 unspecified atom stereocenters. The monoisotopic (exact) mass is 194 g/mol. The van der Waals surface area contributed by atoms with Crippen LogP contribution in [0.5, 0.6) is 0 Å². The van der Waals surface area contributed by atoms with E-state index in [0.29, 0.717) is 12.5 Å². The van der Waals surface area contributed by atoms with Crippen LogP contribution in [0.15, 0.2) is 4.42 Å². The molecule has 0 spiro atoms. The summed E-state index contributed by atoms with van der Waals surface area (Å²) in [7, 11) is 0. The summed E-state index contributed by atoms with van der Waals surface area (Å²) in [6, 6.07) is 0. The largest absolute Gasteiger partial charge is 0.445 e. The summed E-state index contributed by atoms with van der Waals surface area (Å²) in [6.45, 7) is 3.85. The molecule has 1 amide bonds. The molecule has 2 rings (SSSR count). The van der Waals surface area contributed by atoms with Crippen LogP contribution in [0.1, 0.15) is 43.0 Å². The maximum atomic E-state index is 10.7. The summed E-state index contributed by atoms with van der Waals surface area (Å²) in [4.78, 5) is 15.1. The first-order chi connectivity index (χ1) is 6.66. The van der Waals surface area contributed by atoms with Gasteiger partial charge in [0.2, 0.25) is 5.91 Å². The molecule has 4 heteroatoms. The van der Waals surface area contributed by atoms with Crippen LogP contribution in [0.4, 0.5) is 0 Å². The number of rotatable bonds is 3. The molecule has 0 saturated heterocycles. The standard InChI is InChI=1S/C10H14N2O2/c1-6-9(5-11-7(2)13)12-10(14-6)8-3-4-8/h8H,3-5H2,1-2H3,(H,11,13). The number of aromatic nitrogens is 1. The number of carbonyl (C=O) groups is 1. The van der Waals surface area contributed by atoms with Crippen molar-refractivity contribution in [2.45, 2.75) is 39.2 Å². The zero-order chi connectivity index (χ0) is 10.1. The molecule has 1 aliphatic rings. The van der Waals surface area contributed by atoms with Crippen molar-refractivity contribution in [1.29, 1.82) is 0 Å². The molecule has 1 fully saturated rings. The van der Waals surface area contributed by atoms with Gasteiger partial charge < -0.3 is 9.73 Å². The van der Waals surface area contributed by atoms with Crippen LogP contribution < -0.4 is 5.32 Å². The number of oxazole rings is 1. The molecule has 1 aromatic rings. The highest BCUT2D eigenvalue weighted by atomic mass is 16.4. The molecule has 1 saturated carbocycles. The number of aryl methyl sites for hydroxylation is 1. The third-order valence-corrected chi connectivity index (χ3v) is 2.34. The molecule has 0 aliphatic heterocycles. The van der Waals surface area contributed by atoms with E-state index in [-0.39, 0.29) is 5.91 Å². The maximum Gasteiger partial charge on any atom is 0.217 e. The fourth-order valence-corrected chi connectivity index (χ4v) is 1.33. The summed E-state index contributed by atoms with van der Waals surface area (Å²) in [5, 5.41) is 2.71. The van der Waals surface area contributed by atoms with E-state index in [0.717, 1.165) is 17.3 Å². The van der Waals surface area contributed by atoms with E-state index in [4.69, 9.17) is 4.42 Å². The Morgan fingerprint density at radius 1 is 1.64 bits per heavy atom. The molecular formula is C10H14N2O2. The Labute approximate surface area is 82.7 Å². The van der Waals surface area contributed by atoms with Gasteiger partial charge in [-0.3, -0.25) is 4.79 Å². The van der Waals surface area contributed by atoms with Gasteiger partial charge in [0.25, 0.3) is 0 Å². The zero-order valence-corrected chi connectivity index (χ0v) is 8.46. The molecule has 1 heterocycles. The molecule has 14 heavy (non-hydrogen) atoms. The van der Waals surface area contributed by atoms with E-state index in [9.17, 15) is 4.79 Å². The van der Waals surface area contributed by atoms with Crippen LogP contribution in [0.25, 0.3) is 0 Å². The Morgan fingerprint density at radius 2 is 2.36 bits per heavy atom. The summed E-state index contributed by atoms with van der Waals surface area (Å²) >= 11 is 0. The molecular weight excluding hydrogens is 180 g/mol. The van der Waals surface area contributed by atoms with Crippen molar-refractivity contribution in [3.8, 4) is 0 Å². The second-order valence-corrected chi connectivity index (χ2v) is 3.74. The van der Waals surface area contributed by atoms with Gasteiger partial charge in [0, 0.05) is 12.8 Å². The van der Waals surface area contributed by atoms with Gasteiger partial charge in [-0.1, -0.05) is 0 Å². The Hall–Kier alpha value is -1.32. The summed E-state index contributed by atoms with van der Waals surface area (Å²) < 4.78 is 5.51. The van der Waals surface area contributed by atoms with Crippen molar-refractivity contribution in [1.82, 2.24) is 10.3 Å². The van der Waals surface area contributed by atoms with Gasteiger partial charge in [-0.15, -0.1) is 0 Å². The van der Waals surface area contributed by atoms with Gasteiger partial charge in [0.15, 0.2) is 5.89 Å². The van der Waals surface area contributed by atoms with Crippen molar-refractivity contribution in [2.75, 3.05) is 0 Å². The Balaban J connectivity index is 2.04. The Kier molecular flexibility index (Phi) is 2.27. The quantitative estimate of drug-likeness (QED) is 0.793. The SMILES string of the molecule is CC(=O)NCc1nc(C2CC2)oc1C. The Bertz CT molecular complexity index is 353. The number of carbonyl (C=O) groups excluding carboxylic acids is 1. The van der Waals surface area contributed by atoms with Gasteiger partial charge >= 0.3 is 0 Å². The van der Waals surface area contributed by atoms with E-state index < -0.39 is 0 Å². The first-order valence-electron chi connectivity index (χ1n) is 4.87. The molecule has 0 aromatic carbocycles. The minimum atomic E-state index is -0.0413. The third kappa shape index (κ3) is 1.95. The van der Waals surface area contributed by atoms with Crippen LogP contribution in [0, 0.1) is 6.92 Å². The highest BCUT2D eigenvalue weighted by molar-refractivity contribution is 5.72. The van der Waals surface area contributed by atoms with Crippen LogP contribution >= 0.6 is 0 Å². The average molecular weight is 194 g/mol. The summed E-state index contributed by atoms with van der Waals surface area (Å²) in [5.41, 5.74) is 0.849. The molecule has 1 aromatic heterocycles. The van der Waals surface area contributed by atoms with Gasteiger partial charge in [-0.05, 0) is 19.8 Å². The van der Waals surface area contributed by atoms with Crippen LogP contribution in [-0.4, -0.2) is 10.9 Å². The molecule has 0 radical (unpaired) electrons. The molecule has 0 atom stereocenters. The lowest BCUT2D eigenvalue weighted by Gasteiger charge is -1.97.